The molecule has 0 aromatic heterocycles. The Morgan fingerprint density at radius 2 is 2.27 bits per heavy atom. The van der Waals surface area contributed by atoms with Crippen LogP contribution < -0.4 is 5.32 Å². The highest BCUT2D eigenvalue weighted by Crippen LogP contribution is 2.21. The van der Waals surface area contributed by atoms with Gasteiger partial charge in [0.2, 0.25) is 0 Å². The number of hydrogen-bond donors (Lipinski definition) is 2. The number of carbonyl (C=O) groups is 1. The number of carboxylic acid groups (broad SMARTS) is 1. The van der Waals surface area contributed by atoms with Crippen LogP contribution in [0.1, 0.15) is 12.0 Å². The molecule has 0 saturated heterocycles. The van der Waals surface area contributed by atoms with Gasteiger partial charge in [-0.05, 0) is 17.7 Å². The van der Waals surface area contributed by atoms with Crippen LogP contribution in [0.15, 0.2) is 22.7 Å². The van der Waals surface area contributed by atoms with Gasteiger partial charge in [-0.1, -0.05) is 33.6 Å². The second-order valence-corrected chi connectivity index (χ2v) is 4.35. The molecule has 1 aromatic rings. The molecule has 0 bridgehead atoms. The molecule has 0 aliphatic carbocycles. The molecule has 82 valence electrons. The van der Waals surface area contributed by atoms with Crippen molar-refractivity contribution in [3.05, 3.63) is 33.3 Å². The molecule has 0 atom stereocenters. The summed E-state index contributed by atoms with van der Waals surface area (Å²) in [6.45, 7) is 1.09. The van der Waals surface area contributed by atoms with E-state index in [1.165, 1.54) is 0 Å². The number of carboxylic acids is 1. The number of halogens is 2. The van der Waals surface area contributed by atoms with Gasteiger partial charge in [0.15, 0.2) is 0 Å². The predicted octanol–water partition coefficient (Wildman–Crippen LogP) is 2.67. The number of benzene rings is 1. The summed E-state index contributed by atoms with van der Waals surface area (Å²) in [5, 5.41) is 12.2. The zero-order valence-electron chi connectivity index (χ0n) is 7.96. The molecule has 0 radical (unpaired) electrons. The molecular weight excluding hydrogens is 281 g/mol. The lowest BCUT2D eigenvalue weighted by molar-refractivity contribution is -0.136. The Morgan fingerprint density at radius 1 is 1.53 bits per heavy atom. The lowest BCUT2D eigenvalue weighted by Crippen LogP contribution is -2.17. The second-order valence-electron chi connectivity index (χ2n) is 3.06. The highest BCUT2D eigenvalue weighted by molar-refractivity contribution is 9.10. The van der Waals surface area contributed by atoms with Crippen molar-refractivity contribution in [3.8, 4) is 0 Å². The normalized spacial score (nSPS) is 10.3. The van der Waals surface area contributed by atoms with Gasteiger partial charge < -0.3 is 10.4 Å². The molecule has 0 unspecified atom stereocenters. The van der Waals surface area contributed by atoms with Gasteiger partial charge in [0.05, 0.1) is 6.42 Å². The standard InChI is InChI=1S/C10H11BrClNO2/c11-9-5-8(12)2-1-7(9)6-13-4-3-10(14)15/h1-2,5,13H,3-4,6H2,(H,14,15). The molecule has 0 aliphatic rings. The predicted molar refractivity (Wildman–Crippen MR) is 63.1 cm³/mol. The van der Waals surface area contributed by atoms with Gasteiger partial charge in [0, 0.05) is 22.6 Å². The molecule has 0 aliphatic heterocycles. The number of hydrogen-bond acceptors (Lipinski definition) is 2. The molecule has 1 rings (SSSR count). The van der Waals surface area contributed by atoms with Gasteiger partial charge >= 0.3 is 5.97 Å². The summed E-state index contributed by atoms with van der Waals surface area (Å²) in [5.41, 5.74) is 1.06. The van der Waals surface area contributed by atoms with E-state index in [1.807, 2.05) is 12.1 Å². The van der Waals surface area contributed by atoms with E-state index in [4.69, 9.17) is 16.7 Å². The maximum absolute atomic E-state index is 10.3. The fourth-order valence-corrected chi connectivity index (χ4v) is 1.91. The minimum Gasteiger partial charge on any atom is -0.481 e. The highest BCUT2D eigenvalue weighted by atomic mass is 79.9. The minimum absolute atomic E-state index is 0.130. The molecule has 2 N–H and O–H groups in total. The van der Waals surface area contributed by atoms with Gasteiger partial charge in [-0.3, -0.25) is 4.79 Å². The minimum atomic E-state index is -0.794. The zero-order chi connectivity index (χ0) is 11.3. The number of aliphatic carboxylic acids is 1. The third kappa shape index (κ3) is 4.64. The Hall–Kier alpha value is -0.580. The van der Waals surface area contributed by atoms with Crippen LogP contribution in [0.5, 0.6) is 0 Å². The SMILES string of the molecule is O=C(O)CCNCc1ccc(Cl)cc1Br. The van der Waals surface area contributed by atoms with Gasteiger partial charge in [-0.25, -0.2) is 0 Å². The third-order valence-corrected chi connectivity index (χ3v) is 2.82. The van der Waals surface area contributed by atoms with Crippen molar-refractivity contribution in [2.24, 2.45) is 0 Å². The Balaban J connectivity index is 2.40. The molecule has 0 fully saturated rings. The summed E-state index contributed by atoms with van der Waals surface area (Å²) in [4.78, 5) is 10.3. The van der Waals surface area contributed by atoms with Crippen molar-refractivity contribution < 1.29 is 9.90 Å². The van der Waals surface area contributed by atoms with Crippen molar-refractivity contribution in [1.82, 2.24) is 5.32 Å². The molecule has 3 nitrogen and oxygen atoms in total. The summed E-state index contributed by atoms with van der Waals surface area (Å²) < 4.78 is 0.929. The first kappa shape index (κ1) is 12.5. The first-order valence-electron chi connectivity index (χ1n) is 4.46. The monoisotopic (exact) mass is 291 g/mol. The van der Waals surface area contributed by atoms with Crippen molar-refractivity contribution in [2.45, 2.75) is 13.0 Å². The Kier molecular flexibility index (Phi) is 5.08. The Bertz CT molecular complexity index is 357. The fourth-order valence-electron chi connectivity index (χ4n) is 1.08. The van der Waals surface area contributed by atoms with Gasteiger partial charge in [-0.2, -0.15) is 0 Å². The Morgan fingerprint density at radius 3 is 2.87 bits per heavy atom. The molecule has 1 aromatic carbocycles. The van der Waals surface area contributed by atoms with E-state index >= 15 is 0 Å². The van der Waals surface area contributed by atoms with Crippen LogP contribution in [0.4, 0.5) is 0 Å². The van der Waals surface area contributed by atoms with E-state index in [9.17, 15) is 4.79 Å². The van der Waals surface area contributed by atoms with Crippen LogP contribution in [-0.2, 0) is 11.3 Å². The fraction of sp³-hybridized carbons (Fsp3) is 0.300. The van der Waals surface area contributed by atoms with Crippen molar-refractivity contribution in [1.29, 1.82) is 0 Å². The summed E-state index contributed by atoms with van der Waals surface area (Å²) >= 11 is 9.18. The van der Waals surface area contributed by atoms with Crippen molar-refractivity contribution in [2.75, 3.05) is 6.54 Å². The molecule has 15 heavy (non-hydrogen) atoms. The van der Waals surface area contributed by atoms with E-state index in [-0.39, 0.29) is 6.42 Å². The molecule has 0 heterocycles. The summed E-state index contributed by atoms with van der Waals surface area (Å²) in [6, 6.07) is 5.52. The highest BCUT2D eigenvalue weighted by Gasteiger charge is 2.01. The van der Waals surface area contributed by atoms with E-state index in [0.29, 0.717) is 18.1 Å². The summed E-state index contributed by atoms with van der Waals surface area (Å²) in [5.74, 6) is -0.794. The average Bonchev–Trinajstić information content (AvgIpc) is 2.14. The van der Waals surface area contributed by atoms with Crippen LogP contribution >= 0.6 is 27.5 Å². The first-order valence-corrected chi connectivity index (χ1v) is 5.63. The van der Waals surface area contributed by atoms with E-state index in [2.05, 4.69) is 21.2 Å². The zero-order valence-corrected chi connectivity index (χ0v) is 10.3. The second kappa shape index (κ2) is 6.10. The number of rotatable bonds is 5. The van der Waals surface area contributed by atoms with Crippen LogP contribution in [0.25, 0.3) is 0 Å². The van der Waals surface area contributed by atoms with E-state index in [0.717, 1.165) is 10.0 Å². The quantitative estimate of drug-likeness (QED) is 0.820. The molecule has 0 saturated carbocycles. The number of nitrogens with one attached hydrogen (secondary N) is 1. The smallest absolute Gasteiger partial charge is 0.304 e. The maximum atomic E-state index is 10.3. The molecular formula is C10H11BrClNO2. The van der Waals surface area contributed by atoms with Gasteiger partial charge in [-0.15, -0.1) is 0 Å². The molecule has 0 amide bonds. The van der Waals surface area contributed by atoms with Crippen LogP contribution in [0.3, 0.4) is 0 Å². The average molecular weight is 293 g/mol. The van der Waals surface area contributed by atoms with Crippen LogP contribution in [0, 0.1) is 0 Å². The van der Waals surface area contributed by atoms with Crippen LogP contribution in [-0.4, -0.2) is 17.6 Å². The maximum Gasteiger partial charge on any atom is 0.304 e. The van der Waals surface area contributed by atoms with Crippen LogP contribution in [0.2, 0.25) is 5.02 Å². The van der Waals surface area contributed by atoms with Crippen molar-refractivity contribution in [3.63, 3.8) is 0 Å². The lowest BCUT2D eigenvalue weighted by Gasteiger charge is -2.05. The summed E-state index contributed by atoms with van der Waals surface area (Å²) in [6.07, 6.45) is 0.130. The third-order valence-electron chi connectivity index (χ3n) is 1.85. The lowest BCUT2D eigenvalue weighted by atomic mass is 10.2. The van der Waals surface area contributed by atoms with E-state index in [1.54, 1.807) is 6.07 Å². The van der Waals surface area contributed by atoms with Gasteiger partial charge in [0.25, 0.3) is 0 Å². The van der Waals surface area contributed by atoms with E-state index < -0.39 is 5.97 Å². The summed E-state index contributed by atoms with van der Waals surface area (Å²) in [7, 11) is 0. The Labute approximate surface area is 102 Å². The largest absolute Gasteiger partial charge is 0.481 e. The molecule has 5 heteroatoms. The first-order chi connectivity index (χ1) is 7.09. The van der Waals surface area contributed by atoms with Crippen molar-refractivity contribution >= 4 is 33.5 Å². The van der Waals surface area contributed by atoms with Gasteiger partial charge in [0.1, 0.15) is 0 Å². The topological polar surface area (TPSA) is 49.3 Å². The molecule has 0 spiro atoms.